The largest absolute Gasteiger partial charge is 0.369 e. The van der Waals surface area contributed by atoms with Gasteiger partial charge in [-0.2, -0.15) is 0 Å². The average Bonchev–Trinajstić information content (AvgIpc) is 2.74. The summed E-state index contributed by atoms with van der Waals surface area (Å²) in [6.07, 6.45) is 0. The van der Waals surface area contributed by atoms with E-state index in [1.807, 2.05) is 0 Å². The van der Waals surface area contributed by atoms with Gasteiger partial charge in [0.15, 0.2) is 0 Å². The number of hydrogen-bond acceptors (Lipinski definition) is 4. The summed E-state index contributed by atoms with van der Waals surface area (Å²) in [7, 11) is 0. The minimum absolute atomic E-state index is 1.14. The first-order chi connectivity index (χ1) is 12.9. The lowest BCUT2D eigenvalue weighted by molar-refractivity contribution is 0.190. The van der Waals surface area contributed by atoms with Crippen molar-refractivity contribution in [3.8, 4) is 0 Å². The summed E-state index contributed by atoms with van der Waals surface area (Å²) in [4.78, 5) is 10.3. The first kappa shape index (κ1) is 17.4. The molecule has 4 heteroatoms. The van der Waals surface area contributed by atoms with Gasteiger partial charge in [0.2, 0.25) is 0 Å². The fourth-order valence-electron chi connectivity index (χ4n) is 4.02. The van der Waals surface area contributed by atoms with Crippen molar-refractivity contribution >= 4 is 11.4 Å². The van der Waals surface area contributed by atoms with Crippen molar-refractivity contribution in [1.29, 1.82) is 0 Å². The van der Waals surface area contributed by atoms with Crippen LogP contribution in [0.5, 0.6) is 0 Å². The number of hydrogen-bond donors (Lipinski definition) is 0. The number of benzene rings is 2. The minimum atomic E-state index is 1.14. The molecule has 4 nitrogen and oxygen atoms in total. The lowest BCUT2D eigenvalue weighted by Crippen LogP contribution is -2.51. The Morgan fingerprint density at radius 3 is 1.15 bits per heavy atom. The van der Waals surface area contributed by atoms with Crippen LogP contribution >= 0.6 is 0 Å². The maximum absolute atomic E-state index is 2.63. The zero-order valence-corrected chi connectivity index (χ0v) is 15.6. The molecule has 2 heterocycles. The number of nitrogens with zero attached hydrogens (tertiary/aromatic N) is 4. The van der Waals surface area contributed by atoms with Gasteiger partial charge in [-0.3, -0.25) is 9.80 Å². The normalized spacial score (nSPS) is 19.7. The maximum Gasteiger partial charge on any atom is 0.0367 e. The lowest BCUT2D eigenvalue weighted by Gasteiger charge is -2.39. The molecular formula is C22H30N4. The minimum Gasteiger partial charge on any atom is -0.369 e. The third kappa shape index (κ3) is 4.37. The van der Waals surface area contributed by atoms with Crippen LogP contribution in [0.2, 0.25) is 0 Å². The highest BCUT2D eigenvalue weighted by Gasteiger charge is 2.20. The monoisotopic (exact) mass is 350 g/mol. The van der Waals surface area contributed by atoms with Crippen molar-refractivity contribution in [2.45, 2.75) is 0 Å². The first-order valence-corrected chi connectivity index (χ1v) is 9.93. The Labute approximate surface area is 157 Å². The molecule has 0 bridgehead atoms. The zero-order valence-electron chi connectivity index (χ0n) is 15.6. The molecule has 2 saturated heterocycles. The third-order valence-corrected chi connectivity index (χ3v) is 5.72. The topological polar surface area (TPSA) is 13.0 Å². The zero-order chi connectivity index (χ0) is 17.6. The van der Waals surface area contributed by atoms with Crippen LogP contribution in [0.1, 0.15) is 0 Å². The van der Waals surface area contributed by atoms with Gasteiger partial charge in [-0.25, -0.2) is 0 Å². The SMILES string of the molecule is c1ccc(N2CCN(CCN3CCN(c4ccccc4)CC3)CC2)cc1. The van der Waals surface area contributed by atoms with Gasteiger partial charge >= 0.3 is 0 Å². The van der Waals surface area contributed by atoms with E-state index >= 15 is 0 Å². The Morgan fingerprint density at radius 2 is 0.808 bits per heavy atom. The van der Waals surface area contributed by atoms with E-state index in [4.69, 9.17) is 0 Å². The van der Waals surface area contributed by atoms with E-state index in [9.17, 15) is 0 Å². The summed E-state index contributed by atoms with van der Waals surface area (Å²) < 4.78 is 0. The predicted octanol–water partition coefficient (Wildman–Crippen LogP) is 2.63. The van der Waals surface area contributed by atoms with Crippen LogP contribution in [0.4, 0.5) is 11.4 Å². The highest BCUT2D eigenvalue weighted by atomic mass is 15.3. The molecule has 0 saturated carbocycles. The summed E-state index contributed by atoms with van der Waals surface area (Å²) in [6.45, 7) is 11.7. The van der Waals surface area contributed by atoms with Gasteiger partial charge in [-0.05, 0) is 24.3 Å². The molecule has 0 atom stereocenters. The van der Waals surface area contributed by atoms with Gasteiger partial charge < -0.3 is 9.80 Å². The molecular weight excluding hydrogens is 320 g/mol. The van der Waals surface area contributed by atoms with E-state index in [1.165, 1.54) is 50.6 Å². The molecule has 2 fully saturated rings. The smallest absolute Gasteiger partial charge is 0.0367 e. The fraction of sp³-hybridized carbons (Fsp3) is 0.455. The molecule has 2 aromatic carbocycles. The average molecular weight is 351 g/mol. The fourth-order valence-corrected chi connectivity index (χ4v) is 4.02. The molecule has 4 rings (SSSR count). The summed E-state index contributed by atoms with van der Waals surface area (Å²) in [6, 6.07) is 21.6. The van der Waals surface area contributed by atoms with Crippen LogP contribution in [-0.4, -0.2) is 75.2 Å². The molecule has 2 aliphatic heterocycles. The van der Waals surface area contributed by atoms with Crippen molar-refractivity contribution < 1.29 is 0 Å². The summed E-state index contributed by atoms with van der Waals surface area (Å²) in [5, 5.41) is 0. The molecule has 0 amide bonds. The predicted molar refractivity (Wildman–Crippen MR) is 110 cm³/mol. The van der Waals surface area contributed by atoms with Crippen LogP contribution in [0.25, 0.3) is 0 Å². The highest BCUT2D eigenvalue weighted by molar-refractivity contribution is 5.47. The van der Waals surface area contributed by atoms with Crippen LogP contribution < -0.4 is 9.80 Å². The standard InChI is InChI=1S/C22H30N4/c1-3-7-21(8-4-1)25-17-13-23(14-18-25)11-12-24-15-19-26(20-16-24)22-9-5-2-6-10-22/h1-10H,11-20H2. The van der Waals surface area contributed by atoms with Gasteiger partial charge in [0.1, 0.15) is 0 Å². The van der Waals surface area contributed by atoms with Gasteiger partial charge in [0.05, 0.1) is 0 Å². The molecule has 0 radical (unpaired) electrons. The second-order valence-electron chi connectivity index (χ2n) is 7.33. The van der Waals surface area contributed by atoms with Crippen LogP contribution in [0, 0.1) is 0 Å². The molecule has 2 aromatic rings. The van der Waals surface area contributed by atoms with Gasteiger partial charge in [0.25, 0.3) is 0 Å². The van der Waals surface area contributed by atoms with Crippen LogP contribution in [0.15, 0.2) is 60.7 Å². The lowest BCUT2D eigenvalue weighted by atomic mass is 10.2. The van der Waals surface area contributed by atoms with Gasteiger partial charge in [-0.1, -0.05) is 36.4 Å². The number of piperazine rings is 2. The number of rotatable bonds is 5. The molecule has 0 N–H and O–H groups in total. The van der Waals surface area contributed by atoms with Gasteiger partial charge in [-0.15, -0.1) is 0 Å². The number of para-hydroxylation sites is 2. The molecule has 26 heavy (non-hydrogen) atoms. The molecule has 0 aromatic heterocycles. The van der Waals surface area contributed by atoms with Crippen LogP contribution in [0.3, 0.4) is 0 Å². The molecule has 0 spiro atoms. The Kier molecular flexibility index (Phi) is 5.72. The Hall–Kier alpha value is -2.04. The first-order valence-electron chi connectivity index (χ1n) is 9.93. The Bertz CT molecular complexity index is 585. The second-order valence-corrected chi connectivity index (χ2v) is 7.33. The van der Waals surface area contributed by atoms with Crippen LogP contribution in [-0.2, 0) is 0 Å². The summed E-state index contributed by atoms with van der Waals surface area (Å²) in [5.41, 5.74) is 2.73. The molecule has 0 unspecified atom stereocenters. The molecule has 2 aliphatic rings. The van der Waals surface area contributed by atoms with Crippen molar-refractivity contribution in [3.63, 3.8) is 0 Å². The van der Waals surface area contributed by atoms with E-state index in [0.717, 1.165) is 26.2 Å². The van der Waals surface area contributed by atoms with Crippen molar-refractivity contribution in [1.82, 2.24) is 9.80 Å². The van der Waals surface area contributed by atoms with Crippen molar-refractivity contribution in [2.75, 3.05) is 75.2 Å². The summed E-state index contributed by atoms with van der Waals surface area (Å²) >= 11 is 0. The molecule has 0 aliphatic carbocycles. The quantitative estimate of drug-likeness (QED) is 0.822. The Balaban J connectivity index is 1.17. The van der Waals surface area contributed by atoms with E-state index in [2.05, 4.69) is 80.3 Å². The number of anilines is 2. The van der Waals surface area contributed by atoms with Crippen molar-refractivity contribution in [2.24, 2.45) is 0 Å². The second kappa shape index (κ2) is 8.56. The Morgan fingerprint density at radius 1 is 0.462 bits per heavy atom. The highest BCUT2D eigenvalue weighted by Crippen LogP contribution is 2.17. The summed E-state index contributed by atoms with van der Waals surface area (Å²) in [5.74, 6) is 0. The van der Waals surface area contributed by atoms with E-state index in [-0.39, 0.29) is 0 Å². The van der Waals surface area contributed by atoms with E-state index in [1.54, 1.807) is 0 Å². The van der Waals surface area contributed by atoms with E-state index < -0.39 is 0 Å². The maximum atomic E-state index is 2.63. The van der Waals surface area contributed by atoms with Crippen molar-refractivity contribution in [3.05, 3.63) is 60.7 Å². The molecule has 138 valence electrons. The van der Waals surface area contributed by atoms with E-state index in [0.29, 0.717) is 0 Å². The third-order valence-electron chi connectivity index (χ3n) is 5.72. The van der Waals surface area contributed by atoms with Gasteiger partial charge in [0, 0.05) is 76.8 Å².